The van der Waals surface area contributed by atoms with E-state index in [1.807, 2.05) is 36.4 Å². The number of hydrogen-bond acceptors (Lipinski definition) is 7. The molecule has 3 rings (SSSR count). The van der Waals surface area contributed by atoms with Gasteiger partial charge in [-0.1, -0.05) is 12.1 Å². The molecule has 1 amide bonds. The fourth-order valence-corrected chi connectivity index (χ4v) is 3.83. The van der Waals surface area contributed by atoms with E-state index in [4.69, 9.17) is 18.9 Å². The minimum absolute atomic E-state index is 0.222. The van der Waals surface area contributed by atoms with Gasteiger partial charge in [0.2, 0.25) is 0 Å². The number of aromatic nitrogens is 1. The van der Waals surface area contributed by atoms with Crippen molar-refractivity contribution in [2.75, 3.05) is 35.0 Å². The van der Waals surface area contributed by atoms with Gasteiger partial charge < -0.3 is 24.3 Å². The molecule has 2 aromatic carbocycles. The Bertz CT molecular complexity index is 1020. The van der Waals surface area contributed by atoms with Crippen molar-refractivity contribution >= 4 is 17.2 Å². The van der Waals surface area contributed by atoms with Crippen molar-refractivity contribution in [1.82, 2.24) is 10.3 Å². The van der Waals surface area contributed by atoms with Crippen molar-refractivity contribution in [1.29, 1.82) is 0 Å². The monoisotopic (exact) mass is 428 g/mol. The molecular formula is C22H24N2O5S. The smallest absolute Gasteiger partial charge is 0.270 e. The molecule has 0 radical (unpaired) electrons. The fraction of sp³-hybridized carbons (Fsp3) is 0.273. The summed E-state index contributed by atoms with van der Waals surface area (Å²) in [5, 5.41) is 5.33. The predicted octanol–water partition coefficient (Wildman–Crippen LogP) is 3.82. The molecule has 3 aromatic rings. The third-order valence-corrected chi connectivity index (χ3v) is 5.39. The van der Waals surface area contributed by atoms with Gasteiger partial charge in [0.05, 0.1) is 34.0 Å². The van der Waals surface area contributed by atoms with E-state index in [0.717, 1.165) is 11.1 Å². The SMILES string of the molecule is COc1ccc(CCNC(=O)c2csc(-c3cccc(OC)c3OC)n2)cc1OC. The molecule has 158 valence electrons. The lowest BCUT2D eigenvalue weighted by Gasteiger charge is -2.10. The number of ether oxygens (including phenoxy) is 4. The lowest BCUT2D eigenvalue weighted by molar-refractivity contribution is 0.0950. The maximum absolute atomic E-state index is 12.5. The Labute approximate surface area is 179 Å². The van der Waals surface area contributed by atoms with Crippen LogP contribution in [-0.4, -0.2) is 45.9 Å². The second-order valence-corrected chi connectivity index (χ2v) is 7.13. The van der Waals surface area contributed by atoms with Crippen LogP contribution in [0.1, 0.15) is 16.1 Å². The van der Waals surface area contributed by atoms with Gasteiger partial charge in [-0.2, -0.15) is 0 Å². The third-order valence-electron chi connectivity index (χ3n) is 4.52. The molecule has 30 heavy (non-hydrogen) atoms. The first-order valence-electron chi connectivity index (χ1n) is 9.27. The van der Waals surface area contributed by atoms with E-state index < -0.39 is 0 Å². The van der Waals surface area contributed by atoms with Crippen molar-refractivity contribution < 1.29 is 23.7 Å². The van der Waals surface area contributed by atoms with Gasteiger partial charge in [0.1, 0.15) is 10.7 Å². The quantitative estimate of drug-likeness (QED) is 0.558. The zero-order valence-corrected chi connectivity index (χ0v) is 18.2. The molecule has 0 bridgehead atoms. The number of carbonyl (C=O) groups excluding carboxylic acids is 1. The van der Waals surface area contributed by atoms with Gasteiger partial charge in [0.15, 0.2) is 23.0 Å². The summed E-state index contributed by atoms with van der Waals surface area (Å²) in [5.74, 6) is 2.33. The van der Waals surface area contributed by atoms with E-state index in [0.29, 0.717) is 46.7 Å². The van der Waals surface area contributed by atoms with Crippen LogP contribution in [0, 0.1) is 0 Å². The number of para-hydroxylation sites is 1. The maximum Gasteiger partial charge on any atom is 0.270 e. The van der Waals surface area contributed by atoms with E-state index in [1.54, 1.807) is 33.8 Å². The van der Waals surface area contributed by atoms with Crippen molar-refractivity contribution in [3.05, 3.63) is 53.0 Å². The van der Waals surface area contributed by atoms with Gasteiger partial charge in [-0.25, -0.2) is 4.98 Å². The number of thiazole rings is 1. The molecule has 0 unspecified atom stereocenters. The Balaban J connectivity index is 1.65. The Morgan fingerprint density at radius 1 is 0.967 bits per heavy atom. The largest absolute Gasteiger partial charge is 0.493 e. The Kier molecular flexibility index (Phi) is 7.13. The third kappa shape index (κ3) is 4.65. The summed E-state index contributed by atoms with van der Waals surface area (Å²) < 4.78 is 21.4. The average molecular weight is 429 g/mol. The number of carbonyl (C=O) groups is 1. The lowest BCUT2D eigenvalue weighted by atomic mass is 10.1. The molecule has 1 heterocycles. The van der Waals surface area contributed by atoms with Crippen LogP contribution in [0.25, 0.3) is 10.6 Å². The first-order chi connectivity index (χ1) is 14.6. The topological polar surface area (TPSA) is 78.9 Å². The first kappa shape index (κ1) is 21.4. The molecule has 0 fully saturated rings. The Hall–Kier alpha value is -3.26. The summed E-state index contributed by atoms with van der Waals surface area (Å²) in [6.45, 7) is 0.476. The van der Waals surface area contributed by atoms with Gasteiger partial charge in [0, 0.05) is 11.9 Å². The molecule has 0 saturated carbocycles. The number of benzene rings is 2. The van der Waals surface area contributed by atoms with Crippen molar-refractivity contribution in [3.8, 4) is 33.6 Å². The number of rotatable bonds is 9. The molecule has 0 spiro atoms. The fourth-order valence-electron chi connectivity index (χ4n) is 3.00. The summed E-state index contributed by atoms with van der Waals surface area (Å²) in [7, 11) is 6.36. The molecule has 1 aromatic heterocycles. The second kappa shape index (κ2) is 9.98. The maximum atomic E-state index is 12.5. The van der Waals surface area contributed by atoms with Crippen molar-refractivity contribution in [3.63, 3.8) is 0 Å². The van der Waals surface area contributed by atoms with Crippen LogP contribution in [0.2, 0.25) is 0 Å². The second-order valence-electron chi connectivity index (χ2n) is 6.27. The van der Waals surface area contributed by atoms with Crippen LogP contribution in [0.5, 0.6) is 23.0 Å². The van der Waals surface area contributed by atoms with Crippen LogP contribution in [-0.2, 0) is 6.42 Å². The molecular weight excluding hydrogens is 404 g/mol. The molecule has 1 N–H and O–H groups in total. The minimum Gasteiger partial charge on any atom is -0.493 e. The highest BCUT2D eigenvalue weighted by Gasteiger charge is 2.17. The lowest BCUT2D eigenvalue weighted by Crippen LogP contribution is -2.26. The molecule has 0 aliphatic heterocycles. The van der Waals surface area contributed by atoms with E-state index in [2.05, 4.69) is 10.3 Å². The van der Waals surface area contributed by atoms with Gasteiger partial charge in [0.25, 0.3) is 5.91 Å². The van der Waals surface area contributed by atoms with Crippen LogP contribution >= 0.6 is 11.3 Å². The van der Waals surface area contributed by atoms with E-state index in [9.17, 15) is 4.79 Å². The molecule has 0 aliphatic rings. The zero-order valence-electron chi connectivity index (χ0n) is 17.4. The van der Waals surface area contributed by atoms with Crippen LogP contribution in [0.15, 0.2) is 41.8 Å². The predicted molar refractivity (Wildman–Crippen MR) is 116 cm³/mol. The average Bonchev–Trinajstić information content (AvgIpc) is 3.28. The van der Waals surface area contributed by atoms with Gasteiger partial charge >= 0.3 is 0 Å². The summed E-state index contributed by atoms with van der Waals surface area (Å²) in [4.78, 5) is 17.0. The Morgan fingerprint density at radius 3 is 2.43 bits per heavy atom. The molecule has 0 aliphatic carbocycles. The van der Waals surface area contributed by atoms with Gasteiger partial charge in [-0.05, 0) is 36.2 Å². The highest BCUT2D eigenvalue weighted by molar-refractivity contribution is 7.13. The van der Waals surface area contributed by atoms with Crippen LogP contribution in [0.3, 0.4) is 0 Å². The molecule has 7 nitrogen and oxygen atoms in total. The van der Waals surface area contributed by atoms with Crippen molar-refractivity contribution in [2.45, 2.75) is 6.42 Å². The number of amides is 1. The minimum atomic E-state index is -0.222. The van der Waals surface area contributed by atoms with Gasteiger partial charge in [-0.15, -0.1) is 11.3 Å². The van der Waals surface area contributed by atoms with Gasteiger partial charge in [-0.3, -0.25) is 4.79 Å². The highest BCUT2D eigenvalue weighted by atomic mass is 32.1. The zero-order chi connectivity index (χ0) is 21.5. The number of hydrogen-bond donors (Lipinski definition) is 1. The highest BCUT2D eigenvalue weighted by Crippen LogP contribution is 2.38. The number of methoxy groups -OCH3 is 4. The van der Waals surface area contributed by atoms with Crippen molar-refractivity contribution in [2.24, 2.45) is 0 Å². The molecule has 0 atom stereocenters. The molecule has 0 saturated heterocycles. The molecule has 8 heteroatoms. The Morgan fingerprint density at radius 2 is 1.73 bits per heavy atom. The summed E-state index contributed by atoms with van der Waals surface area (Å²) in [6.07, 6.45) is 0.660. The normalized spacial score (nSPS) is 10.4. The standard InChI is InChI=1S/C22H24N2O5S/c1-26-17-9-8-14(12-19(17)28-3)10-11-23-21(25)16-13-30-22(24-16)15-6-5-7-18(27-2)20(15)29-4/h5-9,12-13H,10-11H2,1-4H3,(H,23,25). The summed E-state index contributed by atoms with van der Waals surface area (Å²) in [6, 6.07) is 11.3. The summed E-state index contributed by atoms with van der Waals surface area (Å²) in [5.41, 5.74) is 2.19. The van der Waals surface area contributed by atoms with Crippen LogP contribution < -0.4 is 24.3 Å². The van der Waals surface area contributed by atoms with E-state index in [1.165, 1.54) is 11.3 Å². The summed E-state index contributed by atoms with van der Waals surface area (Å²) >= 11 is 1.38. The van der Waals surface area contributed by atoms with Crippen LogP contribution in [0.4, 0.5) is 0 Å². The first-order valence-corrected chi connectivity index (χ1v) is 10.1. The van der Waals surface area contributed by atoms with E-state index in [-0.39, 0.29) is 5.91 Å². The number of nitrogens with zero attached hydrogens (tertiary/aromatic N) is 1. The number of nitrogens with one attached hydrogen (secondary N) is 1. The van der Waals surface area contributed by atoms with E-state index >= 15 is 0 Å².